The van der Waals surface area contributed by atoms with E-state index in [2.05, 4.69) is 9.36 Å². The zero-order valence-electron chi connectivity index (χ0n) is 7.27. The van der Waals surface area contributed by atoms with E-state index in [0.29, 0.717) is 12.4 Å². The highest BCUT2D eigenvalue weighted by Crippen LogP contribution is 2.19. The molecule has 0 spiro atoms. The Hall–Kier alpha value is -1.13. The summed E-state index contributed by atoms with van der Waals surface area (Å²) in [6.45, 7) is 0. The minimum atomic E-state index is 0.331. The molecule has 0 amide bonds. The first-order chi connectivity index (χ1) is 6.75. The molecule has 5 heteroatoms. The van der Waals surface area contributed by atoms with Crippen LogP contribution in [0.3, 0.4) is 0 Å². The molecule has 3 nitrogen and oxygen atoms in total. The normalized spacial score (nSPS) is 10.4. The smallest absolute Gasteiger partial charge is 0.232 e. The lowest BCUT2D eigenvalue weighted by Crippen LogP contribution is -1.90. The van der Waals surface area contributed by atoms with E-state index in [9.17, 15) is 0 Å². The first-order valence-electron chi connectivity index (χ1n) is 4.07. The van der Waals surface area contributed by atoms with Gasteiger partial charge in [0.15, 0.2) is 0 Å². The summed E-state index contributed by atoms with van der Waals surface area (Å²) in [6, 6.07) is 7.69. The number of benzene rings is 1. The zero-order chi connectivity index (χ0) is 9.97. The van der Waals surface area contributed by atoms with Gasteiger partial charge in [-0.25, -0.2) is 4.98 Å². The van der Waals surface area contributed by atoms with Crippen LogP contribution < -0.4 is 5.73 Å². The van der Waals surface area contributed by atoms with Crippen molar-refractivity contribution in [3.05, 3.63) is 39.9 Å². The Morgan fingerprint density at radius 2 is 2.14 bits per heavy atom. The molecule has 0 unspecified atom stereocenters. The summed E-state index contributed by atoms with van der Waals surface area (Å²) in [5.74, 6) is 0.331. The first kappa shape index (κ1) is 9.43. The number of hydrogen-bond acceptors (Lipinski definition) is 4. The van der Waals surface area contributed by atoms with Gasteiger partial charge in [-0.3, -0.25) is 0 Å². The summed E-state index contributed by atoms with van der Waals surface area (Å²) in [7, 11) is 0. The number of halogens is 1. The minimum absolute atomic E-state index is 0.331. The lowest BCUT2D eigenvalue weighted by molar-refractivity contribution is 1.14. The summed E-state index contributed by atoms with van der Waals surface area (Å²) >= 11 is 7.31. The number of anilines is 1. The summed E-state index contributed by atoms with van der Waals surface area (Å²) in [5.41, 5.74) is 6.47. The van der Waals surface area contributed by atoms with E-state index in [4.69, 9.17) is 17.3 Å². The van der Waals surface area contributed by atoms with E-state index in [0.717, 1.165) is 15.6 Å². The summed E-state index contributed by atoms with van der Waals surface area (Å²) in [4.78, 5) is 4.07. The number of hydrogen-bond donors (Lipinski definition) is 1. The number of nitrogens with zero attached hydrogens (tertiary/aromatic N) is 2. The largest absolute Gasteiger partial charge is 0.367 e. The van der Waals surface area contributed by atoms with Crippen molar-refractivity contribution in [3.8, 4) is 0 Å². The van der Waals surface area contributed by atoms with Gasteiger partial charge >= 0.3 is 0 Å². The molecule has 1 aromatic carbocycles. The third-order valence-electron chi connectivity index (χ3n) is 1.78. The number of nitrogen functional groups attached to an aromatic ring is 1. The molecule has 0 aliphatic rings. The molecule has 2 aromatic rings. The first-order valence-corrected chi connectivity index (χ1v) is 5.22. The Morgan fingerprint density at radius 3 is 2.79 bits per heavy atom. The van der Waals surface area contributed by atoms with Crippen molar-refractivity contribution in [2.24, 2.45) is 0 Å². The Morgan fingerprint density at radius 1 is 1.36 bits per heavy atom. The van der Waals surface area contributed by atoms with Crippen LogP contribution in [0, 0.1) is 0 Å². The molecule has 0 saturated heterocycles. The van der Waals surface area contributed by atoms with E-state index >= 15 is 0 Å². The van der Waals surface area contributed by atoms with Crippen molar-refractivity contribution in [3.63, 3.8) is 0 Å². The van der Waals surface area contributed by atoms with E-state index in [1.54, 1.807) is 0 Å². The van der Waals surface area contributed by atoms with Gasteiger partial charge in [0.2, 0.25) is 5.95 Å². The van der Waals surface area contributed by atoms with Crippen LogP contribution in [0.15, 0.2) is 24.3 Å². The fraction of sp³-hybridized carbons (Fsp3) is 0.111. The molecule has 0 aliphatic heterocycles. The van der Waals surface area contributed by atoms with E-state index in [1.807, 2.05) is 24.3 Å². The maximum Gasteiger partial charge on any atom is 0.232 e. The van der Waals surface area contributed by atoms with Crippen LogP contribution in [0.2, 0.25) is 5.02 Å². The van der Waals surface area contributed by atoms with Crippen LogP contribution in [0.5, 0.6) is 0 Å². The van der Waals surface area contributed by atoms with Gasteiger partial charge in [-0.15, -0.1) is 0 Å². The Balaban J connectivity index is 2.23. The number of nitrogens with two attached hydrogens (primary N) is 1. The van der Waals surface area contributed by atoms with Crippen LogP contribution in [-0.2, 0) is 6.42 Å². The monoisotopic (exact) mass is 225 g/mol. The molecule has 2 N–H and O–H groups in total. The number of aromatic nitrogens is 2. The fourth-order valence-electron chi connectivity index (χ4n) is 1.14. The van der Waals surface area contributed by atoms with Crippen molar-refractivity contribution in [2.75, 3.05) is 5.73 Å². The highest BCUT2D eigenvalue weighted by molar-refractivity contribution is 7.05. The summed E-state index contributed by atoms with van der Waals surface area (Å²) < 4.78 is 3.91. The lowest BCUT2D eigenvalue weighted by Gasteiger charge is -1.99. The molecule has 0 radical (unpaired) electrons. The maximum absolute atomic E-state index is 6.01. The van der Waals surface area contributed by atoms with E-state index in [1.165, 1.54) is 11.5 Å². The van der Waals surface area contributed by atoms with Crippen molar-refractivity contribution in [1.29, 1.82) is 0 Å². The molecule has 0 saturated carbocycles. The van der Waals surface area contributed by atoms with Gasteiger partial charge in [-0.05, 0) is 23.2 Å². The summed E-state index contributed by atoms with van der Waals surface area (Å²) in [5, 5.41) is 1.64. The Kier molecular flexibility index (Phi) is 2.65. The SMILES string of the molecule is Nc1nsc(Cc2ccccc2Cl)n1. The standard InChI is InChI=1S/C9H8ClN3S/c10-7-4-2-1-3-6(7)5-8-12-9(11)13-14-8/h1-4H,5H2,(H2,11,13). The minimum Gasteiger partial charge on any atom is -0.367 e. The second-order valence-corrected chi connectivity index (χ2v) is 4.06. The highest BCUT2D eigenvalue weighted by Gasteiger charge is 2.04. The molecule has 0 fully saturated rings. The maximum atomic E-state index is 6.01. The quantitative estimate of drug-likeness (QED) is 0.854. The van der Waals surface area contributed by atoms with Crippen LogP contribution in [0.1, 0.15) is 10.6 Å². The predicted molar refractivity (Wildman–Crippen MR) is 58.6 cm³/mol. The molecular weight excluding hydrogens is 218 g/mol. The van der Waals surface area contributed by atoms with Gasteiger partial charge in [-0.1, -0.05) is 29.8 Å². The summed E-state index contributed by atoms with van der Waals surface area (Å²) in [6.07, 6.45) is 0.689. The number of rotatable bonds is 2. The van der Waals surface area contributed by atoms with E-state index < -0.39 is 0 Å². The molecule has 14 heavy (non-hydrogen) atoms. The lowest BCUT2D eigenvalue weighted by atomic mass is 10.2. The van der Waals surface area contributed by atoms with E-state index in [-0.39, 0.29) is 0 Å². The van der Waals surface area contributed by atoms with Crippen LogP contribution in [0.4, 0.5) is 5.95 Å². The Bertz CT molecular complexity index is 441. The molecule has 2 rings (SSSR count). The second kappa shape index (κ2) is 3.94. The van der Waals surface area contributed by atoms with Crippen molar-refractivity contribution in [1.82, 2.24) is 9.36 Å². The topological polar surface area (TPSA) is 51.8 Å². The van der Waals surface area contributed by atoms with Gasteiger partial charge in [-0.2, -0.15) is 4.37 Å². The van der Waals surface area contributed by atoms with Gasteiger partial charge in [0.25, 0.3) is 0 Å². The third-order valence-corrected chi connectivity index (χ3v) is 2.88. The van der Waals surface area contributed by atoms with Crippen LogP contribution in [-0.4, -0.2) is 9.36 Å². The highest BCUT2D eigenvalue weighted by atomic mass is 35.5. The molecular formula is C9H8ClN3S. The molecule has 0 bridgehead atoms. The molecule has 0 aliphatic carbocycles. The fourth-order valence-corrected chi connectivity index (χ4v) is 1.94. The molecule has 1 heterocycles. The predicted octanol–water partition coefficient (Wildman–Crippen LogP) is 2.36. The van der Waals surface area contributed by atoms with Crippen LogP contribution >= 0.6 is 23.1 Å². The van der Waals surface area contributed by atoms with Gasteiger partial charge in [0.1, 0.15) is 5.01 Å². The van der Waals surface area contributed by atoms with Crippen molar-refractivity contribution < 1.29 is 0 Å². The Labute approximate surface area is 90.7 Å². The molecule has 0 atom stereocenters. The molecule has 1 aromatic heterocycles. The third kappa shape index (κ3) is 2.02. The van der Waals surface area contributed by atoms with Crippen LogP contribution in [0.25, 0.3) is 0 Å². The average Bonchev–Trinajstić information content (AvgIpc) is 2.56. The second-order valence-electron chi connectivity index (χ2n) is 2.81. The zero-order valence-corrected chi connectivity index (χ0v) is 8.85. The van der Waals surface area contributed by atoms with Gasteiger partial charge in [0.05, 0.1) is 0 Å². The van der Waals surface area contributed by atoms with Crippen molar-refractivity contribution in [2.45, 2.75) is 6.42 Å². The average molecular weight is 226 g/mol. The van der Waals surface area contributed by atoms with Crippen molar-refractivity contribution >= 4 is 29.1 Å². The van der Waals surface area contributed by atoms with Gasteiger partial charge < -0.3 is 5.73 Å². The van der Waals surface area contributed by atoms with Gasteiger partial charge in [0, 0.05) is 11.4 Å². The molecule has 72 valence electrons.